The molecule has 6 heteroatoms. The molecule has 0 aromatic heterocycles. The Labute approximate surface area is 148 Å². The van der Waals surface area contributed by atoms with Crippen LogP contribution in [0.2, 0.25) is 0 Å². The molecule has 1 aliphatic carbocycles. The fourth-order valence-electron chi connectivity index (χ4n) is 3.02. The molecule has 1 aromatic rings. The summed E-state index contributed by atoms with van der Waals surface area (Å²) in [4.78, 5) is 23.9. The van der Waals surface area contributed by atoms with Gasteiger partial charge in [0.25, 0.3) is 0 Å². The van der Waals surface area contributed by atoms with Crippen molar-refractivity contribution >= 4 is 12.0 Å². The van der Waals surface area contributed by atoms with Crippen LogP contribution in [-0.4, -0.2) is 31.2 Å². The summed E-state index contributed by atoms with van der Waals surface area (Å²) >= 11 is 0. The molecule has 0 aliphatic heterocycles. The summed E-state index contributed by atoms with van der Waals surface area (Å²) in [5, 5.41) is 5.72. The van der Waals surface area contributed by atoms with Crippen molar-refractivity contribution in [3.05, 3.63) is 35.6 Å². The van der Waals surface area contributed by atoms with Crippen LogP contribution in [0.1, 0.15) is 45.1 Å². The molecule has 0 radical (unpaired) electrons. The Morgan fingerprint density at radius 2 is 1.96 bits per heavy atom. The predicted molar refractivity (Wildman–Crippen MR) is 93.7 cm³/mol. The minimum Gasteiger partial charge on any atom is -0.450 e. The van der Waals surface area contributed by atoms with Gasteiger partial charge in [-0.05, 0) is 49.3 Å². The number of carbonyl (C=O) groups is 2. The monoisotopic (exact) mass is 350 g/mol. The van der Waals surface area contributed by atoms with Gasteiger partial charge >= 0.3 is 6.09 Å². The van der Waals surface area contributed by atoms with Crippen molar-refractivity contribution in [2.45, 2.75) is 45.6 Å². The molecular formula is C19H27FN2O3. The van der Waals surface area contributed by atoms with Gasteiger partial charge in [-0.15, -0.1) is 0 Å². The van der Waals surface area contributed by atoms with Crippen molar-refractivity contribution in [3.8, 4) is 0 Å². The van der Waals surface area contributed by atoms with Crippen LogP contribution in [0.25, 0.3) is 0 Å². The second-order valence-corrected chi connectivity index (χ2v) is 6.94. The summed E-state index contributed by atoms with van der Waals surface area (Å²) in [7, 11) is 0. The third-order valence-corrected chi connectivity index (χ3v) is 4.30. The molecule has 0 spiro atoms. The number of ether oxygens (including phenoxy) is 1. The molecule has 25 heavy (non-hydrogen) atoms. The van der Waals surface area contributed by atoms with E-state index in [0.717, 1.165) is 18.4 Å². The van der Waals surface area contributed by atoms with Crippen LogP contribution in [0.4, 0.5) is 9.18 Å². The normalized spacial score (nSPS) is 20.0. The lowest BCUT2D eigenvalue weighted by Crippen LogP contribution is -2.45. The van der Waals surface area contributed by atoms with E-state index in [1.165, 1.54) is 12.1 Å². The first-order chi connectivity index (χ1) is 11.9. The van der Waals surface area contributed by atoms with Crippen molar-refractivity contribution in [2.24, 2.45) is 11.8 Å². The van der Waals surface area contributed by atoms with Crippen LogP contribution >= 0.6 is 0 Å². The molecule has 3 atom stereocenters. The van der Waals surface area contributed by atoms with Gasteiger partial charge in [0.05, 0.1) is 6.61 Å². The number of nitrogens with one attached hydrogen (secondary N) is 2. The highest BCUT2D eigenvalue weighted by Gasteiger charge is 2.43. The molecule has 138 valence electrons. The number of hydrogen-bond donors (Lipinski definition) is 2. The van der Waals surface area contributed by atoms with E-state index in [4.69, 9.17) is 4.74 Å². The molecule has 1 fully saturated rings. The molecule has 5 nitrogen and oxygen atoms in total. The maximum Gasteiger partial charge on any atom is 0.407 e. The minimum atomic E-state index is -0.460. The number of benzene rings is 1. The van der Waals surface area contributed by atoms with Crippen LogP contribution in [0.15, 0.2) is 24.3 Å². The van der Waals surface area contributed by atoms with Crippen LogP contribution in [0.3, 0.4) is 0 Å². The molecular weight excluding hydrogens is 323 g/mol. The van der Waals surface area contributed by atoms with Gasteiger partial charge in [0.2, 0.25) is 5.91 Å². The third-order valence-electron chi connectivity index (χ3n) is 4.30. The summed E-state index contributed by atoms with van der Waals surface area (Å²) in [5.74, 6) is 0.173. The minimum absolute atomic E-state index is 0.0197. The molecule has 3 unspecified atom stereocenters. The molecule has 0 saturated heterocycles. The Morgan fingerprint density at radius 1 is 1.28 bits per heavy atom. The molecule has 1 saturated carbocycles. The number of rotatable bonds is 8. The van der Waals surface area contributed by atoms with Gasteiger partial charge in [-0.1, -0.05) is 26.0 Å². The number of alkyl carbamates (subject to hydrolysis) is 1. The van der Waals surface area contributed by atoms with Gasteiger partial charge in [0.1, 0.15) is 5.82 Å². The standard InChI is InChI=1S/C19H27FN2O3/c1-4-25-19(24)22-15(9-12(2)3)11-21-18(23)17-10-16(17)13-5-7-14(20)8-6-13/h5-8,12,15-17H,4,9-11H2,1-3H3,(H,21,23)(H,22,24). The molecule has 1 aliphatic rings. The summed E-state index contributed by atoms with van der Waals surface area (Å²) in [6, 6.07) is 6.15. The Bertz CT molecular complexity index is 589. The lowest BCUT2D eigenvalue weighted by atomic mass is 10.0. The quantitative estimate of drug-likeness (QED) is 0.756. The van der Waals surface area contributed by atoms with E-state index >= 15 is 0 Å². The smallest absolute Gasteiger partial charge is 0.407 e. The lowest BCUT2D eigenvalue weighted by Gasteiger charge is -2.20. The van der Waals surface area contributed by atoms with Crippen molar-refractivity contribution in [2.75, 3.05) is 13.2 Å². The topological polar surface area (TPSA) is 67.4 Å². The van der Waals surface area contributed by atoms with Crippen LogP contribution in [-0.2, 0) is 9.53 Å². The second-order valence-electron chi connectivity index (χ2n) is 6.94. The van der Waals surface area contributed by atoms with Gasteiger partial charge in [-0.25, -0.2) is 9.18 Å². The second kappa shape index (κ2) is 8.83. The zero-order valence-corrected chi connectivity index (χ0v) is 15.0. The number of hydrogen-bond acceptors (Lipinski definition) is 3. The predicted octanol–water partition coefficient (Wildman–Crippen LogP) is 3.21. The van der Waals surface area contributed by atoms with Crippen molar-refractivity contribution in [3.63, 3.8) is 0 Å². The highest BCUT2D eigenvalue weighted by molar-refractivity contribution is 5.83. The van der Waals surface area contributed by atoms with Gasteiger partial charge in [-0.2, -0.15) is 0 Å². The zero-order chi connectivity index (χ0) is 18.4. The maximum absolute atomic E-state index is 13.0. The summed E-state index contributed by atoms with van der Waals surface area (Å²) in [6.07, 6.45) is 1.07. The maximum atomic E-state index is 13.0. The first kappa shape index (κ1) is 19.2. The third kappa shape index (κ3) is 6.03. The Kier molecular flexibility index (Phi) is 6.79. The molecule has 0 heterocycles. The fourth-order valence-corrected chi connectivity index (χ4v) is 3.02. The highest BCUT2D eigenvalue weighted by Crippen LogP contribution is 2.47. The molecule has 2 N–H and O–H groups in total. The highest BCUT2D eigenvalue weighted by atomic mass is 19.1. The number of carbonyl (C=O) groups excluding carboxylic acids is 2. The van der Waals surface area contributed by atoms with E-state index in [1.54, 1.807) is 19.1 Å². The van der Waals surface area contributed by atoms with Gasteiger partial charge in [-0.3, -0.25) is 4.79 Å². The zero-order valence-electron chi connectivity index (χ0n) is 15.0. The molecule has 2 rings (SSSR count). The van der Waals surface area contributed by atoms with E-state index in [9.17, 15) is 14.0 Å². The van der Waals surface area contributed by atoms with Gasteiger partial charge in [0, 0.05) is 18.5 Å². The molecule has 1 aromatic carbocycles. The summed E-state index contributed by atoms with van der Waals surface area (Å²) < 4.78 is 17.9. The van der Waals surface area contributed by atoms with Crippen LogP contribution < -0.4 is 10.6 Å². The Hall–Kier alpha value is -2.11. The summed E-state index contributed by atoms with van der Waals surface area (Å²) in [5.41, 5.74) is 0.991. The average molecular weight is 350 g/mol. The van der Waals surface area contributed by atoms with E-state index in [1.807, 2.05) is 0 Å². The van der Waals surface area contributed by atoms with E-state index < -0.39 is 6.09 Å². The molecule has 0 bridgehead atoms. The fraction of sp³-hybridized carbons (Fsp3) is 0.579. The van der Waals surface area contributed by atoms with E-state index in [2.05, 4.69) is 24.5 Å². The molecule has 2 amide bonds. The van der Waals surface area contributed by atoms with Gasteiger partial charge in [0.15, 0.2) is 0 Å². The summed E-state index contributed by atoms with van der Waals surface area (Å²) in [6.45, 7) is 6.57. The van der Waals surface area contributed by atoms with Crippen LogP contribution in [0.5, 0.6) is 0 Å². The number of amides is 2. The Morgan fingerprint density at radius 3 is 2.56 bits per heavy atom. The SMILES string of the molecule is CCOC(=O)NC(CNC(=O)C1CC1c1ccc(F)cc1)CC(C)C. The van der Waals surface area contributed by atoms with Crippen LogP contribution in [0, 0.1) is 17.7 Å². The first-order valence-corrected chi connectivity index (χ1v) is 8.87. The van der Waals surface area contributed by atoms with Gasteiger partial charge < -0.3 is 15.4 Å². The number of halogens is 1. The Balaban J connectivity index is 1.82. The van der Waals surface area contributed by atoms with Crippen molar-refractivity contribution in [1.82, 2.24) is 10.6 Å². The van der Waals surface area contributed by atoms with E-state index in [0.29, 0.717) is 19.1 Å². The van der Waals surface area contributed by atoms with Crippen molar-refractivity contribution < 1.29 is 18.7 Å². The first-order valence-electron chi connectivity index (χ1n) is 8.87. The average Bonchev–Trinajstić information content (AvgIpc) is 3.33. The van der Waals surface area contributed by atoms with E-state index in [-0.39, 0.29) is 29.6 Å². The van der Waals surface area contributed by atoms with Crippen molar-refractivity contribution in [1.29, 1.82) is 0 Å². The lowest BCUT2D eigenvalue weighted by molar-refractivity contribution is -0.122. The largest absolute Gasteiger partial charge is 0.450 e.